The van der Waals surface area contributed by atoms with Crippen LogP contribution in [0.15, 0.2) is 12.1 Å². The van der Waals surface area contributed by atoms with Crippen molar-refractivity contribution in [2.45, 2.75) is 64.2 Å². The fourth-order valence-electron chi connectivity index (χ4n) is 3.38. The molecule has 2 aromatic rings. The number of unbranched alkanes of at least 4 members (excludes halogenated alkanes) is 6. The van der Waals surface area contributed by atoms with E-state index in [1.54, 1.807) is 0 Å². The van der Waals surface area contributed by atoms with Crippen LogP contribution in [0.5, 0.6) is 11.5 Å². The topological polar surface area (TPSA) is 35.5 Å². The third-order valence-electron chi connectivity index (χ3n) is 5.34. The van der Waals surface area contributed by atoms with Crippen molar-refractivity contribution in [1.82, 2.24) is 0 Å². The normalized spacial score (nSPS) is 11.1. The molecule has 3 nitrogen and oxygen atoms in total. The number of hydrogen-bond donors (Lipinski definition) is 0. The van der Waals surface area contributed by atoms with Gasteiger partial charge in [-0.05, 0) is 25.7 Å². The van der Waals surface area contributed by atoms with Gasteiger partial charge in [-0.3, -0.25) is 4.79 Å². The van der Waals surface area contributed by atoms with Crippen LogP contribution in [0.25, 0.3) is 0 Å². The van der Waals surface area contributed by atoms with Gasteiger partial charge >= 0.3 is 0 Å². The highest BCUT2D eigenvalue weighted by molar-refractivity contribution is 5.78. The molecule has 2 rings (SSSR count). The first-order valence-corrected chi connectivity index (χ1v) is 11.6. The number of ketones is 1. The minimum atomic E-state index is -1.59. The van der Waals surface area contributed by atoms with Crippen molar-refractivity contribution in [3.8, 4) is 11.5 Å². The first kappa shape index (κ1) is 29.4. The molecule has 0 spiro atoms. The Bertz CT molecular complexity index is 897. The molecule has 0 atom stereocenters. The second kappa shape index (κ2) is 14.6. The first-order chi connectivity index (χ1) is 17.1. The number of Topliss-reactive ketones (excluding diaryl/α,β-unsaturated/α-hetero) is 1. The van der Waals surface area contributed by atoms with E-state index in [1.165, 1.54) is 0 Å². The zero-order chi connectivity index (χ0) is 26.7. The van der Waals surface area contributed by atoms with Crippen molar-refractivity contribution in [3.63, 3.8) is 0 Å². The summed E-state index contributed by atoms with van der Waals surface area (Å²) in [4.78, 5) is 11.9. The molecule has 11 heteroatoms. The molecule has 0 unspecified atom stereocenters. The lowest BCUT2D eigenvalue weighted by Gasteiger charge is -2.09. The quantitative estimate of drug-likeness (QED) is 0.128. The first-order valence-electron chi connectivity index (χ1n) is 11.6. The molecule has 0 aliphatic carbocycles. The predicted molar refractivity (Wildman–Crippen MR) is 115 cm³/mol. The molecule has 36 heavy (non-hydrogen) atoms. The molecular formula is C25H26F8O3. The van der Waals surface area contributed by atoms with Gasteiger partial charge in [0.15, 0.2) is 34.8 Å². The van der Waals surface area contributed by atoms with Crippen molar-refractivity contribution < 1.29 is 49.4 Å². The van der Waals surface area contributed by atoms with Crippen molar-refractivity contribution in [2.24, 2.45) is 0 Å². The van der Waals surface area contributed by atoms with Crippen LogP contribution in [0.4, 0.5) is 35.1 Å². The van der Waals surface area contributed by atoms with Gasteiger partial charge in [0.1, 0.15) is 5.78 Å². The number of carbonyl (C=O) groups excluding carboxylic acids is 1. The summed E-state index contributed by atoms with van der Waals surface area (Å²) in [7, 11) is 0. The maximum Gasteiger partial charge on any atom is 0.203 e. The van der Waals surface area contributed by atoms with Crippen molar-refractivity contribution in [3.05, 3.63) is 58.7 Å². The summed E-state index contributed by atoms with van der Waals surface area (Å²) in [5.41, 5.74) is 0. The van der Waals surface area contributed by atoms with Gasteiger partial charge in [0.2, 0.25) is 23.3 Å². The molecule has 2 aromatic carbocycles. The largest absolute Gasteiger partial charge is 0.487 e. The van der Waals surface area contributed by atoms with Crippen LogP contribution in [0.1, 0.15) is 64.2 Å². The number of halogens is 8. The minimum Gasteiger partial charge on any atom is -0.487 e. The lowest BCUT2D eigenvalue weighted by Crippen LogP contribution is -2.05. The lowest BCUT2D eigenvalue weighted by molar-refractivity contribution is -0.119. The standard InChI is InChI=1S/C25H26F8O3/c26-16-13-17(27)21(31)24(20(16)30)35-11-7-3-1-5-9-15(34)10-6-2-4-8-12-36-25-22(32)18(28)14-19(29)23(25)33/h13-14H,1-12H2. The molecule has 0 bridgehead atoms. The van der Waals surface area contributed by atoms with Gasteiger partial charge in [0, 0.05) is 25.0 Å². The molecule has 0 aromatic heterocycles. The Morgan fingerprint density at radius 2 is 0.806 bits per heavy atom. The Hall–Kier alpha value is -2.85. The average Bonchev–Trinajstić information content (AvgIpc) is 2.84. The molecule has 0 aliphatic heterocycles. The molecule has 200 valence electrons. The molecule has 0 aliphatic rings. The predicted octanol–water partition coefficient (Wildman–Crippen LogP) is 7.73. The summed E-state index contributed by atoms with van der Waals surface area (Å²) >= 11 is 0. The van der Waals surface area contributed by atoms with Gasteiger partial charge in [0.05, 0.1) is 13.2 Å². The van der Waals surface area contributed by atoms with Crippen LogP contribution in [-0.4, -0.2) is 19.0 Å². The Balaban J connectivity index is 1.49. The van der Waals surface area contributed by atoms with Crippen molar-refractivity contribution >= 4 is 5.78 Å². The van der Waals surface area contributed by atoms with E-state index < -0.39 is 58.0 Å². The van der Waals surface area contributed by atoms with Crippen LogP contribution in [0, 0.1) is 46.5 Å². The van der Waals surface area contributed by atoms with Gasteiger partial charge in [-0.1, -0.05) is 25.7 Å². The summed E-state index contributed by atoms with van der Waals surface area (Å²) < 4.78 is 116. The van der Waals surface area contributed by atoms with Gasteiger partial charge in [0.25, 0.3) is 0 Å². The fraction of sp³-hybridized carbons (Fsp3) is 0.480. The summed E-state index contributed by atoms with van der Waals surface area (Å²) in [6.45, 7) is -0.274. The Morgan fingerprint density at radius 1 is 0.500 bits per heavy atom. The second-order valence-corrected chi connectivity index (χ2v) is 8.16. The Labute approximate surface area is 203 Å². The number of ether oxygens (including phenoxy) is 2. The minimum absolute atomic E-state index is 0.0567. The van der Waals surface area contributed by atoms with Crippen LogP contribution >= 0.6 is 0 Å². The van der Waals surface area contributed by atoms with E-state index in [1.807, 2.05) is 0 Å². The second-order valence-electron chi connectivity index (χ2n) is 8.16. The summed E-state index contributed by atoms with van der Waals surface area (Å²) in [6.07, 6.45) is 5.15. The Morgan fingerprint density at radius 3 is 1.14 bits per heavy atom. The number of carbonyl (C=O) groups is 1. The highest BCUT2D eigenvalue weighted by Crippen LogP contribution is 2.27. The number of hydrogen-bond acceptors (Lipinski definition) is 3. The van der Waals surface area contributed by atoms with Gasteiger partial charge < -0.3 is 9.47 Å². The maximum absolute atomic E-state index is 13.5. The number of benzene rings is 2. The van der Waals surface area contributed by atoms with Gasteiger partial charge in [-0.15, -0.1) is 0 Å². The van der Waals surface area contributed by atoms with Gasteiger partial charge in [-0.25, -0.2) is 17.6 Å². The van der Waals surface area contributed by atoms with E-state index in [-0.39, 0.29) is 31.1 Å². The molecule has 0 amide bonds. The monoisotopic (exact) mass is 526 g/mol. The van der Waals surface area contributed by atoms with Gasteiger partial charge in [-0.2, -0.15) is 17.6 Å². The molecule has 0 radical (unpaired) electrons. The van der Waals surface area contributed by atoms with Crippen LogP contribution in [0.2, 0.25) is 0 Å². The fourth-order valence-corrected chi connectivity index (χ4v) is 3.38. The molecule has 0 saturated carbocycles. The summed E-state index contributed by atoms with van der Waals surface area (Å²) in [5, 5.41) is 0. The van der Waals surface area contributed by atoms with E-state index in [9.17, 15) is 39.9 Å². The molecule has 0 heterocycles. The highest BCUT2D eigenvalue weighted by Gasteiger charge is 2.21. The third-order valence-corrected chi connectivity index (χ3v) is 5.34. The van der Waals surface area contributed by atoms with E-state index >= 15 is 0 Å². The average molecular weight is 526 g/mol. The lowest BCUT2D eigenvalue weighted by atomic mass is 10.0. The zero-order valence-corrected chi connectivity index (χ0v) is 19.4. The molecule has 0 saturated heterocycles. The highest BCUT2D eigenvalue weighted by atomic mass is 19.2. The van der Waals surface area contributed by atoms with Crippen molar-refractivity contribution in [2.75, 3.05) is 13.2 Å². The Kier molecular flexibility index (Phi) is 12.0. The van der Waals surface area contributed by atoms with E-state index in [0.29, 0.717) is 64.2 Å². The van der Waals surface area contributed by atoms with E-state index in [4.69, 9.17) is 9.47 Å². The van der Waals surface area contributed by atoms with Crippen LogP contribution in [-0.2, 0) is 4.79 Å². The third kappa shape index (κ3) is 8.67. The SMILES string of the molecule is O=C(CCCCCCOc1c(F)c(F)cc(F)c1F)CCCCCCOc1c(F)c(F)cc(F)c1F. The molecular weight excluding hydrogens is 500 g/mol. The summed E-state index contributed by atoms with van der Waals surface area (Å²) in [5.74, 6) is -14.6. The molecule has 0 N–H and O–H groups in total. The summed E-state index contributed by atoms with van der Waals surface area (Å²) in [6, 6.07) is 0.206. The maximum atomic E-state index is 13.5. The van der Waals surface area contributed by atoms with Crippen LogP contribution in [0.3, 0.4) is 0 Å². The van der Waals surface area contributed by atoms with Crippen molar-refractivity contribution in [1.29, 1.82) is 0 Å². The zero-order valence-electron chi connectivity index (χ0n) is 19.4. The number of rotatable bonds is 16. The van der Waals surface area contributed by atoms with E-state index in [0.717, 1.165) is 0 Å². The smallest absolute Gasteiger partial charge is 0.203 e. The molecule has 0 fully saturated rings. The van der Waals surface area contributed by atoms with Crippen LogP contribution < -0.4 is 9.47 Å². The van der Waals surface area contributed by atoms with E-state index in [2.05, 4.69) is 0 Å².